The lowest BCUT2D eigenvalue weighted by Crippen LogP contribution is -2.19. The van der Waals surface area contributed by atoms with Crippen LogP contribution in [0.2, 0.25) is 5.02 Å². The van der Waals surface area contributed by atoms with E-state index >= 15 is 0 Å². The van der Waals surface area contributed by atoms with E-state index in [9.17, 15) is 9.18 Å². The van der Waals surface area contributed by atoms with Crippen LogP contribution < -0.4 is 10.6 Å². The average Bonchev–Trinajstić information content (AvgIpc) is 2.36. The van der Waals surface area contributed by atoms with E-state index in [2.05, 4.69) is 10.6 Å². The number of carbonyl (C=O) groups is 1. The Balaban J connectivity index is 2.03. The zero-order valence-electron chi connectivity index (χ0n) is 10.2. The van der Waals surface area contributed by atoms with Crippen molar-refractivity contribution in [2.75, 3.05) is 10.6 Å². The molecule has 2 rings (SSSR count). The van der Waals surface area contributed by atoms with Crippen LogP contribution in [-0.4, -0.2) is 6.03 Å². The summed E-state index contributed by atoms with van der Waals surface area (Å²) in [6, 6.07) is 10.3. The van der Waals surface area contributed by atoms with Gasteiger partial charge in [-0.1, -0.05) is 11.6 Å². The molecular weight excluding hydrogens is 267 g/mol. The molecule has 0 atom stereocenters. The molecule has 3 nitrogen and oxygen atoms in total. The normalized spacial score (nSPS) is 10.1. The fourth-order valence-electron chi connectivity index (χ4n) is 1.59. The van der Waals surface area contributed by atoms with Gasteiger partial charge in [-0.05, 0) is 55.0 Å². The molecule has 0 unspecified atom stereocenters. The molecule has 2 aromatic rings. The second-order valence-electron chi connectivity index (χ2n) is 4.05. The van der Waals surface area contributed by atoms with Gasteiger partial charge in [0, 0.05) is 16.4 Å². The molecule has 2 aromatic carbocycles. The summed E-state index contributed by atoms with van der Waals surface area (Å²) in [5, 5.41) is 5.92. The lowest BCUT2D eigenvalue weighted by atomic mass is 10.2. The zero-order valence-corrected chi connectivity index (χ0v) is 11.0. The average molecular weight is 279 g/mol. The molecule has 0 aliphatic rings. The molecule has 0 bridgehead atoms. The van der Waals surface area contributed by atoms with Crippen molar-refractivity contribution >= 4 is 29.0 Å². The van der Waals surface area contributed by atoms with Crippen LogP contribution in [0.4, 0.5) is 20.6 Å². The van der Waals surface area contributed by atoms with Gasteiger partial charge in [0.2, 0.25) is 0 Å². The van der Waals surface area contributed by atoms with Crippen LogP contribution in [0, 0.1) is 12.7 Å². The number of amides is 2. The molecule has 5 heteroatoms. The number of anilines is 2. The van der Waals surface area contributed by atoms with Crippen molar-refractivity contribution < 1.29 is 9.18 Å². The van der Waals surface area contributed by atoms with E-state index in [0.717, 1.165) is 5.56 Å². The highest BCUT2D eigenvalue weighted by atomic mass is 35.5. The topological polar surface area (TPSA) is 41.1 Å². The standard InChI is InChI=1S/C14H12ClFN2O/c1-9-8-10(15)2-7-13(9)18-14(19)17-12-5-3-11(16)4-6-12/h2-8H,1H3,(H2,17,18,19). The first kappa shape index (κ1) is 13.4. The predicted octanol–water partition coefficient (Wildman–Crippen LogP) is 4.43. The van der Waals surface area contributed by atoms with E-state index in [1.54, 1.807) is 18.2 Å². The molecule has 0 spiro atoms. The molecule has 19 heavy (non-hydrogen) atoms. The molecular formula is C14H12ClFN2O. The Kier molecular flexibility index (Phi) is 4.02. The summed E-state index contributed by atoms with van der Waals surface area (Å²) < 4.78 is 12.7. The number of aryl methyl sites for hydroxylation is 1. The summed E-state index contributed by atoms with van der Waals surface area (Å²) in [5.74, 6) is -0.348. The highest BCUT2D eigenvalue weighted by Gasteiger charge is 2.05. The van der Waals surface area contributed by atoms with E-state index < -0.39 is 6.03 Å². The number of halogens is 2. The third-order valence-corrected chi connectivity index (χ3v) is 2.77. The summed E-state index contributed by atoms with van der Waals surface area (Å²) in [6.45, 7) is 1.85. The van der Waals surface area contributed by atoms with Gasteiger partial charge in [-0.25, -0.2) is 9.18 Å². The number of urea groups is 1. The number of benzene rings is 2. The van der Waals surface area contributed by atoms with Crippen LogP contribution in [-0.2, 0) is 0 Å². The Morgan fingerprint density at radius 1 is 1.11 bits per heavy atom. The second kappa shape index (κ2) is 5.71. The Hall–Kier alpha value is -2.07. The number of carbonyl (C=O) groups excluding carboxylic acids is 1. The van der Waals surface area contributed by atoms with Crippen LogP contribution in [0.3, 0.4) is 0 Å². The van der Waals surface area contributed by atoms with Crippen molar-refractivity contribution in [1.29, 1.82) is 0 Å². The molecule has 0 saturated heterocycles. The Bertz CT molecular complexity index is 599. The van der Waals surface area contributed by atoms with Crippen LogP contribution in [0.5, 0.6) is 0 Å². The summed E-state index contributed by atoms with van der Waals surface area (Å²) in [6.07, 6.45) is 0. The van der Waals surface area contributed by atoms with Gasteiger partial charge >= 0.3 is 6.03 Å². The third-order valence-electron chi connectivity index (χ3n) is 2.54. The monoisotopic (exact) mass is 278 g/mol. The van der Waals surface area contributed by atoms with Crippen LogP contribution in [0.15, 0.2) is 42.5 Å². The molecule has 2 amide bonds. The Morgan fingerprint density at radius 2 is 1.79 bits per heavy atom. The molecule has 0 saturated carbocycles. The number of hydrogen-bond acceptors (Lipinski definition) is 1. The quantitative estimate of drug-likeness (QED) is 0.838. The van der Waals surface area contributed by atoms with Gasteiger partial charge in [0.25, 0.3) is 0 Å². The van der Waals surface area contributed by atoms with Crippen molar-refractivity contribution in [2.45, 2.75) is 6.92 Å². The molecule has 0 radical (unpaired) electrons. The van der Waals surface area contributed by atoms with E-state index in [4.69, 9.17) is 11.6 Å². The number of nitrogens with one attached hydrogen (secondary N) is 2. The van der Waals surface area contributed by atoms with E-state index in [-0.39, 0.29) is 5.82 Å². The minimum Gasteiger partial charge on any atom is -0.308 e. The maximum atomic E-state index is 12.7. The summed E-state index contributed by atoms with van der Waals surface area (Å²) in [5.41, 5.74) is 2.05. The van der Waals surface area contributed by atoms with E-state index in [1.165, 1.54) is 24.3 Å². The van der Waals surface area contributed by atoms with E-state index in [0.29, 0.717) is 16.4 Å². The van der Waals surface area contributed by atoms with Gasteiger partial charge in [-0.15, -0.1) is 0 Å². The molecule has 0 aromatic heterocycles. The van der Waals surface area contributed by atoms with Crippen molar-refractivity contribution in [2.24, 2.45) is 0 Å². The first-order valence-electron chi connectivity index (χ1n) is 5.64. The van der Waals surface area contributed by atoms with Gasteiger partial charge < -0.3 is 10.6 Å². The van der Waals surface area contributed by atoms with Crippen molar-refractivity contribution in [1.82, 2.24) is 0 Å². The fourth-order valence-corrected chi connectivity index (χ4v) is 1.81. The Labute approximate surface area is 115 Å². The summed E-state index contributed by atoms with van der Waals surface area (Å²) >= 11 is 5.83. The van der Waals surface area contributed by atoms with Gasteiger partial charge in [0.05, 0.1) is 0 Å². The van der Waals surface area contributed by atoms with Crippen molar-refractivity contribution in [3.8, 4) is 0 Å². The second-order valence-corrected chi connectivity index (χ2v) is 4.48. The molecule has 0 aliphatic heterocycles. The molecule has 2 N–H and O–H groups in total. The fraction of sp³-hybridized carbons (Fsp3) is 0.0714. The molecule has 98 valence electrons. The SMILES string of the molecule is Cc1cc(Cl)ccc1NC(=O)Nc1ccc(F)cc1. The molecule has 0 aliphatic carbocycles. The van der Waals surface area contributed by atoms with Crippen molar-refractivity contribution in [3.05, 3.63) is 58.9 Å². The smallest absolute Gasteiger partial charge is 0.308 e. The first-order valence-corrected chi connectivity index (χ1v) is 6.02. The lowest BCUT2D eigenvalue weighted by Gasteiger charge is -2.10. The number of rotatable bonds is 2. The Morgan fingerprint density at radius 3 is 2.42 bits per heavy atom. The van der Waals surface area contributed by atoms with Crippen LogP contribution in [0.1, 0.15) is 5.56 Å². The third kappa shape index (κ3) is 3.69. The summed E-state index contributed by atoms with van der Waals surface area (Å²) in [7, 11) is 0. The highest BCUT2D eigenvalue weighted by Crippen LogP contribution is 2.19. The molecule has 0 heterocycles. The van der Waals surface area contributed by atoms with Crippen LogP contribution >= 0.6 is 11.6 Å². The maximum absolute atomic E-state index is 12.7. The van der Waals surface area contributed by atoms with Crippen molar-refractivity contribution in [3.63, 3.8) is 0 Å². The predicted molar refractivity (Wildman–Crippen MR) is 75.2 cm³/mol. The van der Waals surface area contributed by atoms with Gasteiger partial charge in [0.1, 0.15) is 5.82 Å². The molecule has 0 fully saturated rings. The van der Waals surface area contributed by atoms with Gasteiger partial charge in [0.15, 0.2) is 0 Å². The van der Waals surface area contributed by atoms with E-state index in [1.807, 2.05) is 6.92 Å². The largest absolute Gasteiger partial charge is 0.323 e. The van der Waals surface area contributed by atoms with Crippen LogP contribution in [0.25, 0.3) is 0 Å². The minimum atomic E-state index is -0.392. The van der Waals surface area contributed by atoms with Gasteiger partial charge in [-0.2, -0.15) is 0 Å². The highest BCUT2D eigenvalue weighted by molar-refractivity contribution is 6.30. The van der Waals surface area contributed by atoms with Gasteiger partial charge in [-0.3, -0.25) is 0 Å². The summed E-state index contributed by atoms with van der Waals surface area (Å²) in [4.78, 5) is 11.8. The number of hydrogen-bond donors (Lipinski definition) is 2. The maximum Gasteiger partial charge on any atom is 0.323 e. The zero-order chi connectivity index (χ0) is 13.8. The first-order chi connectivity index (χ1) is 9.04. The minimum absolute atomic E-state index is 0.348. The lowest BCUT2D eigenvalue weighted by molar-refractivity contribution is 0.262.